The van der Waals surface area contributed by atoms with Gasteiger partial charge in [-0.25, -0.2) is 0 Å². The van der Waals surface area contributed by atoms with Crippen LogP contribution in [-0.2, 0) is 0 Å². The Bertz CT molecular complexity index is 735. The van der Waals surface area contributed by atoms with Gasteiger partial charge in [-0.1, -0.05) is 42.1 Å². The van der Waals surface area contributed by atoms with E-state index in [1.165, 1.54) is 26.7 Å². The number of nitrogens with one attached hydrogen (secondary N) is 2. The van der Waals surface area contributed by atoms with E-state index in [0.717, 1.165) is 5.70 Å². The summed E-state index contributed by atoms with van der Waals surface area (Å²) in [5.41, 5.74) is 4.71. The summed E-state index contributed by atoms with van der Waals surface area (Å²) in [6.45, 7) is 0. The molecule has 4 rings (SSSR count). The molecule has 0 aromatic heterocycles. The SMILES string of the molecule is C1=CSNC(c2cccc3c2Nc2ccccc2S3)=C1. The molecule has 2 aliphatic rings. The third-order valence-corrected chi connectivity index (χ3v) is 5.03. The van der Waals surface area contributed by atoms with Crippen LogP contribution in [-0.4, -0.2) is 0 Å². The standard InChI is InChI=1S/C16H12N2S2/c1-2-8-14-13(6-1)17-16-11(5-3-9-15(16)20-14)12-7-4-10-19-18-12/h1-10,17-18H. The Kier molecular flexibility index (Phi) is 2.98. The molecule has 2 aliphatic heterocycles. The minimum Gasteiger partial charge on any atom is -0.353 e. The second-order valence-electron chi connectivity index (χ2n) is 4.53. The number of rotatable bonds is 1. The fraction of sp³-hybridized carbons (Fsp3) is 0. The van der Waals surface area contributed by atoms with Crippen LogP contribution in [0, 0.1) is 0 Å². The van der Waals surface area contributed by atoms with E-state index >= 15 is 0 Å². The van der Waals surface area contributed by atoms with Gasteiger partial charge in [0.1, 0.15) is 0 Å². The van der Waals surface area contributed by atoms with E-state index in [0.29, 0.717) is 0 Å². The second-order valence-corrected chi connectivity index (χ2v) is 6.33. The molecule has 0 amide bonds. The minimum atomic E-state index is 1.14. The average Bonchev–Trinajstić information content (AvgIpc) is 2.53. The summed E-state index contributed by atoms with van der Waals surface area (Å²) in [5, 5.41) is 5.61. The molecule has 2 aromatic carbocycles. The topological polar surface area (TPSA) is 24.1 Å². The number of anilines is 2. The molecule has 0 fully saturated rings. The number of fused-ring (bicyclic) bond motifs is 2. The Labute approximate surface area is 126 Å². The van der Waals surface area contributed by atoms with Crippen molar-refractivity contribution < 1.29 is 0 Å². The third kappa shape index (κ3) is 2.01. The molecule has 0 aliphatic carbocycles. The highest BCUT2D eigenvalue weighted by atomic mass is 32.2. The van der Waals surface area contributed by atoms with Crippen LogP contribution in [0.3, 0.4) is 0 Å². The predicted molar refractivity (Wildman–Crippen MR) is 88.1 cm³/mol. The predicted octanol–water partition coefficient (Wildman–Crippen LogP) is 5.00. The third-order valence-electron chi connectivity index (χ3n) is 3.26. The smallest absolute Gasteiger partial charge is 0.0621 e. The lowest BCUT2D eigenvalue weighted by atomic mass is 10.1. The van der Waals surface area contributed by atoms with Gasteiger partial charge in [0.15, 0.2) is 0 Å². The molecule has 0 saturated heterocycles. The van der Waals surface area contributed by atoms with Gasteiger partial charge in [-0.05, 0) is 41.6 Å². The Morgan fingerprint density at radius 3 is 2.70 bits per heavy atom. The zero-order valence-electron chi connectivity index (χ0n) is 10.6. The van der Waals surface area contributed by atoms with Crippen LogP contribution in [0.2, 0.25) is 0 Å². The Hall–Kier alpha value is -1.78. The maximum Gasteiger partial charge on any atom is 0.0621 e. The van der Waals surface area contributed by atoms with Gasteiger partial charge in [0.05, 0.1) is 17.1 Å². The Balaban J connectivity index is 1.82. The molecule has 0 spiro atoms. The summed E-state index contributed by atoms with van der Waals surface area (Å²) in [7, 11) is 0. The second kappa shape index (κ2) is 4.96. The first-order chi connectivity index (χ1) is 9.92. The van der Waals surface area contributed by atoms with Crippen molar-refractivity contribution in [2.24, 2.45) is 0 Å². The number of allylic oxidation sites excluding steroid dienone is 2. The number of benzene rings is 2. The first kappa shape index (κ1) is 12.0. The molecule has 98 valence electrons. The summed E-state index contributed by atoms with van der Waals surface area (Å²) in [6.07, 6.45) is 4.18. The van der Waals surface area contributed by atoms with E-state index in [1.54, 1.807) is 11.9 Å². The number of para-hydroxylation sites is 2. The highest BCUT2D eigenvalue weighted by Gasteiger charge is 2.19. The molecule has 0 radical (unpaired) electrons. The van der Waals surface area contributed by atoms with Gasteiger partial charge in [0.25, 0.3) is 0 Å². The van der Waals surface area contributed by atoms with Crippen molar-refractivity contribution in [1.82, 2.24) is 4.72 Å². The van der Waals surface area contributed by atoms with E-state index in [4.69, 9.17) is 0 Å². The van der Waals surface area contributed by atoms with Gasteiger partial charge in [0.2, 0.25) is 0 Å². The molecular formula is C16H12N2S2. The molecule has 0 atom stereocenters. The zero-order valence-corrected chi connectivity index (χ0v) is 12.2. The summed E-state index contributed by atoms with van der Waals surface area (Å²) >= 11 is 3.42. The Morgan fingerprint density at radius 1 is 0.900 bits per heavy atom. The van der Waals surface area contributed by atoms with Gasteiger partial charge >= 0.3 is 0 Å². The lowest BCUT2D eigenvalue weighted by Gasteiger charge is -2.24. The molecule has 0 saturated carbocycles. The largest absolute Gasteiger partial charge is 0.353 e. The van der Waals surface area contributed by atoms with E-state index in [9.17, 15) is 0 Å². The normalized spacial score (nSPS) is 15.5. The van der Waals surface area contributed by atoms with Crippen molar-refractivity contribution in [3.8, 4) is 0 Å². The van der Waals surface area contributed by atoms with Gasteiger partial charge in [-0.2, -0.15) is 0 Å². The van der Waals surface area contributed by atoms with Crippen LogP contribution in [0.5, 0.6) is 0 Å². The highest BCUT2D eigenvalue weighted by molar-refractivity contribution is 8.00. The first-order valence-electron chi connectivity index (χ1n) is 6.37. The first-order valence-corrected chi connectivity index (χ1v) is 8.07. The van der Waals surface area contributed by atoms with Crippen LogP contribution < -0.4 is 10.0 Å². The van der Waals surface area contributed by atoms with Crippen molar-refractivity contribution in [3.05, 3.63) is 65.6 Å². The number of hydrogen-bond acceptors (Lipinski definition) is 4. The monoisotopic (exact) mass is 296 g/mol. The van der Waals surface area contributed by atoms with Crippen molar-refractivity contribution in [1.29, 1.82) is 0 Å². The minimum absolute atomic E-state index is 1.14. The van der Waals surface area contributed by atoms with Crippen LogP contribution in [0.4, 0.5) is 11.4 Å². The van der Waals surface area contributed by atoms with Crippen LogP contribution >= 0.6 is 23.7 Å². The number of hydrogen-bond donors (Lipinski definition) is 2. The molecule has 20 heavy (non-hydrogen) atoms. The summed E-state index contributed by atoms with van der Waals surface area (Å²) in [6, 6.07) is 14.9. The van der Waals surface area contributed by atoms with E-state index in [-0.39, 0.29) is 0 Å². The lowest BCUT2D eigenvalue weighted by molar-refractivity contribution is 1.28. The van der Waals surface area contributed by atoms with Gasteiger partial charge in [-0.3, -0.25) is 0 Å². The molecule has 4 heteroatoms. The van der Waals surface area contributed by atoms with Crippen LogP contribution in [0.1, 0.15) is 5.56 Å². The van der Waals surface area contributed by atoms with Crippen molar-refractivity contribution in [2.75, 3.05) is 5.32 Å². The fourth-order valence-electron chi connectivity index (χ4n) is 2.33. The molecule has 0 bridgehead atoms. The fourth-order valence-corrected chi connectivity index (χ4v) is 3.89. The summed E-state index contributed by atoms with van der Waals surface area (Å²) in [5.74, 6) is 0. The summed E-state index contributed by atoms with van der Waals surface area (Å²) in [4.78, 5) is 2.54. The lowest BCUT2D eigenvalue weighted by Crippen LogP contribution is -2.08. The molecule has 2 N–H and O–H groups in total. The molecule has 0 unspecified atom stereocenters. The van der Waals surface area contributed by atoms with E-state index in [2.05, 4.69) is 64.7 Å². The highest BCUT2D eigenvalue weighted by Crippen LogP contribution is 2.46. The van der Waals surface area contributed by atoms with Crippen molar-refractivity contribution >= 4 is 40.8 Å². The van der Waals surface area contributed by atoms with E-state index < -0.39 is 0 Å². The summed E-state index contributed by atoms with van der Waals surface area (Å²) < 4.78 is 3.35. The molecular weight excluding hydrogens is 284 g/mol. The van der Waals surface area contributed by atoms with Crippen molar-refractivity contribution in [3.63, 3.8) is 0 Å². The maximum absolute atomic E-state index is 3.57. The van der Waals surface area contributed by atoms with Gasteiger partial charge in [0, 0.05) is 15.4 Å². The van der Waals surface area contributed by atoms with Crippen LogP contribution in [0.25, 0.3) is 5.70 Å². The molecule has 2 aromatic rings. The van der Waals surface area contributed by atoms with Crippen molar-refractivity contribution in [2.45, 2.75) is 9.79 Å². The van der Waals surface area contributed by atoms with Gasteiger partial charge < -0.3 is 10.0 Å². The van der Waals surface area contributed by atoms with Crippen LogP contribution in [0.15, 0.2) is 69.8 Å². The average molecular weight is 296 g/mol. The van der Waals surface area contributed by atoms with E-state index in [1.807, 2.05) is 17.2 Å². The quantitative estimate of drug-likeness (QED) is 0.617. The van der Waals surface area contributed by atoms with Gasteiger partial charge in [-0.15, -0.1) is 0 Å². The zero-order chi connectivity index (χ0) is 13.4. The molecule has 2 nitrogen and oxygen atoms in total. The maximum atomic E-state index is 3.57. The Morgan fingerprint density at radius 2 is 1.80 bits per heavy atom. The molecule has 2 heterocycles.